The van der Waals surface area contributed by atoms with Gasteiger partial charge in [0, 0.05) is 0 Å². The molecule has 1 saturated carbocycles. The molecule has 0 aromatic heterocycles. The highest BCUT2D eigenvalue weighted by Crippen LogP contribution is 2.51. The molecule has 0 radical (unpaired) electrons. The molecule has 2 aliphatic rings. The minimum Gasteiger partial charge on any atom is -0.507 e. The van der Waals surface area contributed by atoms with Crippen LogP contribution in [0.3, 0.4) is 0 Å². The van der Waals surface area contributed by atoms with Crippen molar-refractivity contribution in [2.45, 2.75) is 71.1 Å². The Hall–Kier alpha value is -1.24. The minimum absolute atomic E-state index is 0.0342. The van der Waals surface area contributed by atoms with Crippen LogP contribution in [0.25, 0.3) is 0 Å². The summed E-state index contributed by atoms with van der Waals surface area (Å²) in [6.07, 6.45) is 7.41. The third-order valence-corrected chi connectivity index (χ3v) is 5.46. The van der Waals surface area contributed by atoms with E-state index in [0.29, 0.717) is 17.6 Å². The Morgan fingerprint density at radius 1 is 0.864 bits per heavy atom. The van der Waals surface area contributed by atoms with Gasteiger partial charge in [0.25, 0.3) is 0 Å². The van der Waals surface area contributed by atoms with Crippen LogP contribution in [0.5, 0.6) is 5.75 Å². The fourth-order valence-corrected chi connectivity index (χ4v) is 4.18. The van der Waals surface area contributed by atoms with E-state index in [-0.39, 0.29) is 10.8 Å². The molecule has 2 bridgehead atoms. The Morgan fingerprint density at radius 3 is 1.77 bits per heavy atom. The van der Waals surface area contributed by atoms with E-state index >= 15 is 0 Å². The van der Waals surface area contributed by atoms with Crippen LogP contribution < -0.4 is 0 Å². The van der Waals surface area contributed by atoms with E-state index in [1.807, 2.05) is 0 Å². The second-order valence-corrected chi connectivity index (χ2v) is 9.35. The molecule has 1 aromatic carbocycles. The van der Waals surface area contributed by atoms with E-state index in [4.69, 9.17) is 0 Å². The molecule has 1 heteroatoms. The molecule has 22 heavy (non-hydrogen) atoms. The Kier molecular flexibility index (Phi) is 3.47. The average molecular weight is 298 g/mol. The van der Waals surface area contributed by atoms with Gasteiger partial charge in [-0.2, -0.15) is 0 Å². The van der Waals surface area contributed by atoms with Crippen LogP contribution in [-0.2, 0) is 10.8 Å². The minimum atomic E-state index is -0.0342. The first-order valence-corrected chi connectivity index (χ1v) is 8.63. The largest absolute Gasteiger partial charge is 0.507 e. The lowest BCUT2D eigenvalue weighted by atomic mass is 9.75. The third kappa shape index (κ3) is 2.59. The number of benzene rings is 1. The van der Waals surface area contributed by atoms with Gasteiger partial charge < -0.3 is 5.11 Å². The normalized spacial score (nSPS) is 27.6. The number of rotatable bonds is 1. The maximum absolute atomic E-state index is 10.8. The number of phenolic OH excluding ortho intramolecular Hbond substituents is 1. The number of fused-ring (bicyclic) bond motifs is 2. The fraction of sp³-hybridized carbons (Fsp3) is 0.619. The lowest BCUT2D eigenvalue weighted by Crippen LogP contribution is -2.19. The summed E-state index contributed by atoms with van der Waals surface area (Å²) >= 11 is 0. The first kappa shape index (κ1) is 15.6. The molecule has 0 heterocycles. The summed E-state index contributed by atoms with van der Waals surface area (Å²) in [7, 11) is 0. The number of phenols is 1. The maximum atomic E-state index is 10.8. The van der Waals surface area contributed by atoms with Crippen LogP contribution in [0.2, 0.25) is 0 Å². The molecule has 3 unspecified atom stereocenters. The highest BCUT2D eigenvalue weighted by Gasteiger charge is 2.38. The number of allylic oxidation sites excluding steroid dienone is 2. The lowest BCUT2D eigenvalue weighted by Gasteiger charge is -2.30. The third-order valence-electron chi connectivity index (χ3n) is 5.46. The van der Waals surface area contributed by atoms with Gasteiger partial charge in [-0.1, -0.05) is 65.8 Å². The van der Waals surface area contributed by atoms with Crippen molar-refractivity contribution in [3.8, 4) is 5.75 Å². The van der Waals surface area contributed by atoms with Gasteiger partial charge in [0.15, 0.2) is 0 Å². The molecule has 2 aliphatic carbocycles. The Balaban J connectivity index is 2.13. The van der Waals surface area contributed by atoms with Crippen LogP contribution in [0, 0.1) is 11.8 Å². The summed E-state index contributed by atoms with van der Waals surface area (Å²) in [5.41, 5.74) is 3.56. The Labute approximate surface area is 135 Å². The molecule has 0 saturated heterocycles. The topological polar surface area (TPSA) is 20.2 Å². The second kappa shape index (κ2) is 4.88. The van der Waals surface area contributed by atoms with Gasteiger partial charge in [-0.05, 0) is 58.1 Å². The zero-order valence-electron chi connectivity index (χ0n) is 14.9. The summed E-state index contributed by atoms with van der Waals surface area (Å²) in [6, 6.07) is 4.56. The zero-order valence-corrected chi connectivity index (χ0v) is 14.9. The Morgan fingerprint density at radius 2 is 1.41 bits per heavy atom. The average Bonchev–Trinajstić information content (AvgIpc) is 2.98. The molecule has 1 nitrogen and oxygen atoms in total. The van der Waals surface area contributed by atoms with Gasteiger partial charge in [0.2, 0.25) is 0 Å². The van der Waals surface area contributed by atoms with E-state index in [1.165, 1.54) is 18.4 Å². The summed E-state index contributed by atoms with van der Waals surface area (Å²) in [6.45, 7) is 13.2. The lowest BCUT2D eigenvalue weighted by molar-refractivity contribution is 0.421. The first-order valence-electron chi connectivity index (χ1n) is 8.63. The van der Waals surface area contributed by atoms with Crippen molar-refractivity contribution >= 4 is 0 Å². The smallest absolute Gasteiger partial charge is 0.123 e. The molecule has 120 valence electrons. The molecule has 1 fully saturated rings. The van der Waals surface area contributed by atoms with Crippen molar-refractivity contribution in [3.63, 3.8) is 0 Å². The zero-order chi connectivity index (χ0) is 16.3. The molecule has 0 aliphatic heterocycles. The predicted molar refractivity (Wildman–Crippen MR) is 93.6 cm³/mol. The van der Waals surface area contributed by atoms with Gasteiger partial charge in [0.1, 0.15) is 5.75 Å². The molecule has 1 aromatic rings. The van der Waals surface area contributed by atoms with Gasteiger partial charge in [-0.15, -0.1) is 0 Å². The van der Waals surface area contributed by atoms with Crippen LogP contribution in [-0.4, -0.2) is 5.11 Å². The second-order valence-electron chi connectivity index (χ2n) is 9.35. The van der Waals surface area contributed by atoms with Crippen molar-refractivity contribution in [3.05, 3.63) is 41.0 Å². The number of hydrogen-bond donors (Lipinski definition) is 1. The van der Waals surface area contributed by atoms with E-state index in [9.17, 15) is 5.11 Å². The maximum Gasteiger partial charge on any atom is 0.123 e. The summed E-state index contributed by atoms with van der Waals surface area (Å²) in [5, 5.41) is 10.8. The summed E-state index contributed by atoms with van der Waals surface area (Å²) < 4.78 is 0. The van der Waals surface area contributed by atoms with Crippen molar-refractivity contribution in [2.24, 2.45) is 11.8 Å². The fourth-order valence-electron chi connectivity index (χ4n) is 4.18. The molecule has 3 atom stereocenters. The quantitative estimate of drug-likeness (QED) is 0.663. The van der Waals surface area contributed by atoms with Crippen molar-refractivity contribution in [2.75, 3.05) is 0 Å². The summed E-state index contributed by atoms with van der Waals surface area (Å²) in [4.78, 5) is 0. The molecule has 1 N–H and O–H groups in total. The van der Waals surface area contributed by atoms with Gasteiger partial charge >= 0.3 is 0 Å². The van der Waals surface area contributed by atoms with Gasteiger partial charge in [-0.3, -0.25) is 0 Å². The molecule has 0 spiro atoms. The highest BCUT2D eigenvalue weighted by atomic mass is 16.3. The highest BCUT2D eigenvalue weighted by molar-refractivity contribution is 5.51. The molecule has 0 amide bonds. The van der Waals surface area contributed by atoms with Crippen LogP contribution >= 0.6 is 0 Å². The van der Waals surface area contributed by atoms with Gasteiger partial charge in [-0.25, -0.2) is 0 Å². The number of hydrogen-bond acceptors (Lipinski definition) is 1. The molecule has 3 rings (SSSR count). The van der Waals surface area contributed by atoms with Crippen molar-refractivity contribution in [1.82, 2.24) is 0 Å². The van der Waals surface area contributed by atoms with E-state index < -0.39 is 0 Å². The van der Waals surface area contributed by atoms with E-state index in [1.54, 1.807) is 0 Å². The van der Waals surface area contributed by atoms with Gasteiger partial charge in [0.05, 0.1) is 0 Å². The first-order chi connectivity index (χ1) is 10.1. The van der Waals surface area contributed by atoms with E-state index in [2.05, 4.69) is 65.8 Å². The molecular formula is C21H30O. The monoisotopic (exact) mass is 298 g/mol. The predicted octanol–water partition coefficient (Wildman–Crippen LogP) is 5.67. The standard InChI is InChI=1S/C21H30O/c1-20(2,3)17-11-15(12-18(19(17)22)21(4,5)6)16-10-13-7-8-14(16)9-13/h7-8,11-14,16,22H,9-10H2,1-6H3. The SMILES string of the molecule is CC(C)(C)c1cc(C2CC3C=CC2C3)cc(C(C)(C)C)c1O. The summed E-state index contributed by atoms with van der Waals surface area (Å²) in [5.74, 6) is 2.62. The molecular weight excluding hydrogens is 268 g/mol. The van der Waals surface area contributed by atoms with Crippen molar-refractivity contribution < 1.29 is 5.11 Å². The van der Waals surface area contributed by atoms with Crippen LogP contribution in [0.15, 0.2) is 24.3 Å². The Bertz CT molecular complexity index is 575. The van der Waals surface area contributed by atoms with E-state index in [0.717, 1.165) is 17.0 Å². The van der Waals surface area contributed by atoms with Crippen LogP contribution in [0.4, 0.5) is 0 Å². The van der Waals surface area contributed by atoms with Crippen molar-refractivity contribution in [1.29, 1.82) is 0 Å². The van der Waals surface area contributed by atoms with Crippen LogP contribution in [0.1, 0.15) is 77.0 Å². The number of aromatic hydroxyl groups is 1.